The number of hydrogen-bond acceptors (Lipinski definition) is 7. The molecule has 1 aromatic carbocycles. The molecule has 0 bridgehead atoms. The van der Waals surface area contributed by atoms with Gasteiger partial charge >= 0.3 is 0 Å². The fraction of sp³-hybridized carbons (Fsp3) is 0.357. The highest BCUT2D eigenvalue weighted by atomic mass is 19.1. The zero-order valence-corrected chi connectivity index (χ0v) is 20.8. The molecule has 3 N–H and O–H groups in total. The van der Waals surface area contributed by atoms with Crippen LogP contribution in [0.15, 0.2) is 42.7 Å². The standard InChI is InChI=1S/C28H28FN7O2/c29-24-7-9-36-23(14-32-28(36)35-24)19-3-5-21(26-20(19)12-31-27(26)37)33-25-6-4-18(17-8-10-38-15-17)22(34-25)13-30-11-16-1-2-16/h3-7,9,14,16-17,30H,1-2,8,10-13,15H2,(H,31,37)(H,33,34). The van der Waals surface area contributed by atoms with E-state index in [2.05, 4.69) is 32.0 Å². The van der Waals surface area contributed by atoms with Crippen LogP contribution in [0.1, 0.15) is 52.4 Å². The summed E-state index contributed by atoms with van der Waals surface area (Å²) in [6.07, 6.45) is 6.86. The largest absolute Gasteiger partial charge is 0.381 e. The van der Waals surface area contributed by atoms with Crippen LogP contribution in [0.2, 0.25) is 0 Å². The van der Waals surface area contributed by atoms with Crippen molar-refractivity contribution in [3.63, 3.8) is 0 Å². The van der Waals surface area contributed by atoms with Crippen molar-refractivity contribution in [1.29, 1.82) is 0 Å². The summed E-state index contributed by atoms with van der Waals surface area (Å²) in [7, 11) is 0. The Labute approximate surface area is 218 Å². The summed E-state index contributed by atoms with van der Waals surface area (Å²) in [6.45, 7) is 3.62. The maximum absolute atomic E-state index is 13.6. The van der Waals surface area contributed by atoms with Crippen LogP contribution in [-0.4, -0.2) is 45.0 Å². The van der Waals surface area contributed by atoms with E-state index in [1.54, 1.807) is 16.8 Å². The van der Waals surface area contributed by atoms with E-state index in [0.29, 0.717) is 36.1 Å². The lowest BCUT2D eigenvalue weighted by molar-refractivity contribution is 0.0966. The average molecular weight is 514 g/mol. The molecule has 10 heteroatoms. The molecule has 1 saturated heterocycles. The number of fused-ring (bicyclic) bond motifs is 2. The predicted octanol–water partition coefficient (Wildman–Crippen LogP) is 3.92. The van der Waals surface area contributed by atoms with Crippen molar-refractivity contribution in [2.45, 2.75) is 38.3 Å². The fourth-order valence-electron chi connectivity index (χ4n) is 5.47. The van der Waals surface area contributed by atoms with Gasteiger partial charge in [0.1, 0.15) is 5.82 Å². The lowest BCUT2D eigenvalue weighted by atomic mass is 9.96. The molecule has 194 valence electrons. The first-order valence-corrected chi connectivity index (χ1v) is 13.1. The van der Waals surface area contributed by atoms with Gasteiger partial charge in [-0.05, 0) is 55.0 Å². The lowest BCUT2D eigenvalue weighted by Gasteiger charge is -2.17. The number of aromatic nitrogens is 4. The molecule has 5 heterocycles. The summed E-state index contributed by atoms with van der Waals surface area (Å²) < 4.78 is 21.0. The van der Waals surface area contributed by atoms with Gasteiger partial charge in [-0.25, -0.2) is 9.97 Å². The van der Waals surface area contributed by atoms with E-state index < -0.39 is 5.95 Å². The number of pyridine rings is 1. The summed E-state index contributed by atoms with van der Waals surface area (Å²) >= 11 is 0. The van der Waals surface area contributed by atoms with E-state index in [4.69, 9.17) is 9.72 Å². The quantitative estimate of drug-likeness (QED) is 0.307. The smallest absolute Gasteiger partial charge is 0.254 e. The van der Waals surface area contributed by atoms with Gasteiger partial charge in [-0.1, -0.05) is 12.1 Å². The van der Waals surface area contributed by atoms with E-state index >= 15 is 0 Å². The van der Waals surface area contributed by atoms with Crippen molar-refractivity contribution in [3.05, 3.63) is 71.1 Å². The summed E-state index contributed by atoms with van der Waals surface area (Å²) in [5.74, 6) is 1.38. The summed E-state index contributed by atoms with van der Waals surface area (Å²) in [4.78, 5) is 26.0. The molecule has 1 atom stereocenters. The van der Waals surface area contributed by atoms with Crippen LogP contribution in [0.25, 0.3) is 17.0 Å². The zero-order chi connectivity index (χ0) is 25.6. The molecular formula is C28H28FN7O2. The van der Waals surface area contributed by atoms with E-state index in [9.17, 15) is 9.18 Å². The Morgan fingerprint density at radius 3 is 2.89 bits per heavy atom. The van der Waals surface area contributed by atoms with E-state index in [-0.39, 0.29) is 11.7 Å². The molecule has 2 fully saturated rings. The van der Waals surface area contributed by atoms with Crippen LogP contribution in [0, 0.1) is 11.9 Å². The Hall–Kier alpha value is -3.89. The number of halogens is 1. The number of nitrogens with one attached hydrogen (secondary N) is 3. The number of ether oxygens (including phenoxy) is 1. The minimum atomic E-state index is -0.586. The van der Waals surface area contributed by atoms with Crippen molar-refractivity contribution < 1.29 is 13.9 Å². The Morgan fingerprint density at radius 1 is 1.13 bits per heavy atom. The fourth-order valence-corrected chi connectivity index (χ4v) is 5.47. The van der Waals surface area contributed by atoms with E-state index in [1.165, 1.54) is 24.5 Å². The predicted molar refractivity (Wildman–Crippen MR) is 140 cm³/mol. The van der Waals surface area contributed by atoms with Gasteiger partial charge < -0.3 is 20.7 Å². The van der Waals surface area contributed by atoms with Crippen molar-refractivity contribution in [1.82, 2.24) is 30.0 Å². The Balaban J connectivity index is 1.22. The van der Waals surface area contributed by atoms with Crippen LogP contribution >= 0.6 is 0 Å². The monoisotopic (exact) mass is 513 g/mol. The minimum Gasteiger partial charge on any atom is -0.381 e. The van der Waals surface area contributed by atoms with Gasteiger partial charge in [-0.2, -0.15) is 9.37 Å². The van der Waals surface area contributed by atoms with Gasteiger partial charge in [0, 0.05) is 43.4 Å². The molecule has 0 radical (unpaired) electrons. The third-order valence-corrected chi connectivity index (χ3v) is 7.65. The van der Waals surface area contributed by atoms with Crippen LogP contribution in [-0.2, 0) is 17.8 Å². The average Bonchev–Trinajstić information content (AvgIpc) is 3.27. The second-order valence-electron chi connectivity index (χ2n) is 10.3. The highest BCUT2D eigenvalue weighted by molar-refractivity contribution is 6.06. The van der Waals surface area contributed by atoms with E-state index in [1.807, 2.05) is 18.2 Å². The van der Waals surface area contributed by atoms with Crippen LogP contribution in [0.5, 0.6) is 0 Å². The number of benzene rings is 1. The second-order valence-corrected chi connectivity index (χ2v) is 10.3. The van der Waals surface area contributed by atoms with Crippen molar-refractivity contribution in [2.24, 2.45) is 5.92 Å². The SMILES string of the molecule is O=C1NCc2c(-c3cnc4nc(F)ccn34)ccc(Nc3ccc(C4CCOC4)c(CNCC4CC4)n3)c21. The normalized spacial score (nSPS) is 18.7. The van der Waals surface area contributed by atoms with Crippen molar-refractivity contribution >= 4 is 23.2 Å². The lowest BCUT2D eigenvalue weighted by Crippen LogP contribution is -2.19. The topological polar surface area (TPSA) is 105 Å². The maximum atomic E-state index is 13.6. The maximum Gasteiger partial charge on any atom is 0.254 e. The highest BCUT2D eigenvalue weighted by Gasteiger charge is 2.28. The van der Waals surface area contributed by atoms with Crippen LogP contribution in [0.3, 0.4) is 0 Å². The molecule has 1 unspecified atom stereocenters. The van der Waals surface area contributed by atoms with Gasteiger partial charge in [0.05, 0.1) is 35.4 Å². The Kier molecular flexibility index (Phi) is 5.78. The molecule has 4 aromatic rings. The molecule has 1 amide bonds. The van der Waals surface area contributed by atoms with Gasteiger partial charge in [0.2, 0.25) is 11.7 Å². The molecule has 2 aliphatic heterocycles. The molecule has 1 aliphatic carbocycles. The molecule has 1 saturated carbocycles. The number of rotatable bonds is 8. The molecule has 3 aliphatic rings. The number of nitrogens with zero attached hydrogens (tertiary/aromatic N) is 4. The van der Waals surface area contributed by atoms with E-state index in [0.717, 1.165) is 54.6 Å². The van der Waals surface area contributed by atoms with Crippen molar-refractivity contribution in [3.8, 4) is 11.3 Å². The molecular weight excluding hydrogens is 485 g/mol. The first kappa shape index (κ1) is 23.2. The minimum absolute atomic E-state index is 0.145. The second kappa shape index (κ2) is 9.45. The molecule has 3 aromatic heterocycles. The highest BCUT2D eigenvalue weighted by Crippen LogP contribution is 2.36. The third-order valence-electron chi connectivity index (χ3n) is 7.65. The van der Waals surface area contributed by atoms with Gasteiger partial charge in [0.15, 0.2) is 0 Å². The number of imidazole rings is 1. The Morgan fingerprint density at radius 2 is 2.05 bits per heavy atom. The number of amides is 1. The van der Waals surface area contributed by atoms with Gasteiger partial charge in [0.25, 0.3) is 5.91 Å². The Bertz CT molecular complexity index is 1540. The van der Waals surface area contributed by atoms with Crippen LogP contribution < -0.4 is 16.0 Å². The number of hydrogen-bond donors (Lipinski definition) is 3. The van der Waals surface area contributed by atoms with Gasteiger partial charge in [-0.3, -0.25) is 9.20 Å². The molecule has 9 nitrogen and oxygen atoms in total. The summed E-state index contributed by atoms with van der Waals surface area (Å²) in [5, 5.41) is 9.93. The first-order valence-electron chi connectivity index (χ1n) is 13.1. The summed E-state index contributed by atoms with van der Waals surface area (Å²) in [5.41, 5.74) is 5.98. The summed E-state index contributed by atoms with van der Waals surface area (Å²) in [6, 6.07) is 9.26. The first-order chi connectivity index (χ1) is 18.6. The molecule has 0 spiro atoms. The number of carbonyl (C=O) groups is 1. The molecule has 7 rings (SSSR count). The number of anilines is 2. The number of carbonyl (C=O) groups excluding carboxylic acids is 1. The van der Waals surface area contributed by atoms with Crippen molar-refractivity contribution in [2.75, 3.05) is 25.1 Å². The van der Waals surface area contributed by atoms with Gasteiger partial charge in [-0.15, -0.1) is 0 Å². The van der Waals surface area contributed by atoms with Crippen LogP contribution in [0.4, 0.5) is 15.9 Å². The molecule has 38 heavy (non-hydrogen) atoms. The third kappa shape index (κ3) is 4.29. The zero-order valence-electron chi connectivity index (χ0n) is 20.8.